The zero-order chi connectivity index (χ0) is 14.9. The van der Waals surface area contributed by atoms with Crippen LogP contribution in [0.3, 0.4) is 0 Å². The Balaban J connectivity index is 2.28. The number of nitrogens with zero attached hydrogens (tertiary/aromatic N) is 3. The number of benzene rings is 1. The van der Waals surface area contributed by atoms with Crippen LogP contribution in [0.5, 0.6) is 0 Å². The summed E-state index contributed by atoms with van der Waals surface area (Å²) in [5, 5.41) is 18.1. The van der Waals surface area contributed by atoms with Crippen LogP contribution in [0.4, 0.5) is 15.8 Å². The minimum Gasteiger partial charge on any atom is -0.375 e. The lowest BCUT2D eigenvalue weighted by atomic mass is 10.2. The molecule has 106 valence electrons. The highest BCUT2D eigenvalue weighted by molar-refractivity contribution is 5.62. The quantitative estimate of drug-likeness (QED) is 0.689. The fourth-order valence-electron chi connectivity index (χ4n) is 2.10. The molecule has 0 bridgehead atoms. The van der Waals surface area contributed by atoms with Gasteiger partial charge < -0.3 is 5.32 Å². The Bertz CT molecular complexity index is 667. The fourth-order valence-corrected chi connectivity index (χ4v) is 2.10. The molecule has 7 heteroatoms. The van der Waals surface area contributed by atoms with Gasteiger partial charge in [0.05, 0.1) is 10.6 Å². The molecule has 0 saturated carbocycles. The molecule has 0 saturated heterocycles. The standard InChI is InChI=1S/C13H15FN4O2/c1-8-10(9(2)17(3)16-8)7-15-12-6-4-5-11(14)13(12)18(19)20/h4-6,15H,7H2,1-3H3. The molecule has 0 fully saturated rings. The van der Waals surface area contributed by atoms with E-state index in [2.05, 4.69) is 10.4 Å². The minimum absolute atomic E-state index is 0.164. The Morgan fingerprint density at radius 2 is 2.15 bits per heavy atom. The molecule has 0 atom stereocenters. The molecule has 0 aliphatic carbocycles. The molecule has 0 unspecified atom stereocenters. The van der Waals surface area contributed by atoms with Crippen LogP contribution in [0.15, 0.2) is 18.2 Å². The lowest BCUT2D eigenvalue weighted by Crippen LogP contribution is -2.05. The number of aromatic nitrogens is 2. The number of hydrogen-bond acceptors (Lipinski definition) is 4. The normalized spacial score (nSPS) is 10.6. The number of anilines is 1. The Hall–Kier alpha value is -2.44. The largest absolute Gasteiger partial charge is 0.375 e. The van der Waals surface area contributed by atoms with Crippen LogP contribution in [0.2, 0.25) is 0 Å². The van der Waals surface area contributed by atoms with E-state index in [1.807, 2.05) is 20.9 Å². The summed E-state index contributed by atoms with van der Waals surface area (Å²) in [4.78, 5) is 10.2. The molecule has 0 aliphatic rings. The van der Waals surface area contributed by atoms with Crippen LogP contribution < -0.4 is 5.32 Å². The van der Waals surface area contributed by atoms with Crippen LogP contribution in [-0.2, 0) is 13.6 Å². The van der Waals surface area contributed by atoms with E-state index in [1.54, 1.807) is 4.68 Å². The molecule has 1 aromatic heterocycles. The number of hydrogen-bond donors (Lipinski definition) is 1. The van der Waals surface area contributed by atoms with Gasteiger partial charge in [-0.15, -0.1) is 0 Å². The van der Waals surface area contributed by atoms with Gasteiger partial charge in [-0.25, -0.2) is 0 Å². The maximum Gasteiger partial charge on any atom is 0.327 e. The van der Waals surface area contributed by atoms with Crippen molar-refractivity contribution in [2.45, 2.75) is 20.4 Å². The number of nitro benzene ring substituents is 1. The van der Waals surface area contributed by atoms with Gasteiger partial charge in [0, 0.05) is 24.8 Å². The fraction of sp³-hybridized carbons (Fsp3) is 0.308. The van der Waals surface area contributed by atoms with Gasteiger partial charge in [0.1, 0.15) is 5.69 Å². The van der Waals surface area contributed by atoms with E-state index in [1.165, 1.54) is 12.1 Å². The first-order valence-corrected chi connectivity index (χ1v) is 6.07. The third-order valence-corrected chi connectivity index (χ3v) is 3.28. The molecule has 20 heavy (non-hydrogen) atoms. The van der Waals surface area contributed by atoms with Crippen molar-refractivity contribution in [1.82, 2.24) is 9.78 Å². The molecule has 6 nitrogen and oxygen atoms in total. The first-order valence-electron chi connectivity index (χ1n) is 6.07. The number of para-hydroxylation sites is 1. The Morgan fingerprint density at radius 3 is 2.70 bits per heavy atom. The van der Waals surface area contributed by atoms with E-state index in [-0.39, 0.29) is 5.69 Å². The molecule has 1 aromatic carbocycles. The first kappa shape index (κ1) is 14.0. The molecular formula is C13H15FN4O2. The second kappa shape index (κ2) is 5.28. The van der Waals surface area contributed by atoms with Crippen LogP contribution in [0, 0.1) is 29.8 Å². The zero-order valence-electron chi connectivity index (χ0n) is 11.5. The van der Waals surface area contributed by atoms with Crippen LogP contribution in [0.25, 0.3) is 0 Å². The van der Waals surface area contributed by atoms with Gasteiger partial charge >= 0.3 is 5.69 Å². The Labute approximate surface area is 115 Å². The van der Waals surface area contributed by atoms with E-state index in [0.29, 0.717) is 6.54 Å². The molecule has 0 radical (unpaired) electrons. The van der Waals surface area contributed by atoms with Crippen molar-refractivity contribution in [2.75, 3.05) is 5.32 Å². The highest BCUT2D eigenvalue weighted by atomic mass is 19.1. The van der Waals surface area contributed by atoms with Gasteiger partial charge in [-0.1, -0.05) is 6.07 Å². The van der Waals surface area contributed by atoms with E-state index in [4.69, 9.17) is 0 Å². The van der Waals surface area contributed by atoms with Gasteiger partial charge in [-0.3, -0.25) is 14.8 Å². The van der Waals surface area contributed by atoms with Crippen molar-refractivity contribution in [1.29, 1.82) is 0 Å². The van der Waals surface area contributed by atoms with Crippen molar-refractivity contribution in [3.8, 4) is 0 Å². The molecule has 2 rings (SSSR count). The number of nitro groups is 1. The van der Waals surface area contributed by atoms with Crippen LogP contribution in [0.1, 0.15) is 17.0 Å². The third kappa shape index (κ3) is 2.47. The summed E-state index contributed by atoms with van der Waals surface area (Å²) in [6.45, 7) is 4.14. The van der Waals surface area contributed by atoms with Crippen molar-refractivity contribution in [2.24, 2.45) is 7.05 Å². The van der Waals surface area contributed by atoms with Gasteiger partial charge in [0.2, 0.25) is 5.82 Å². The van der Waals surface area contributed by atoms with Crippen molar-refractivity contribution in [3.05, 3.63) is 51.1 Å². The summed E-state index contributed by atoms with van der Waals surface area (Å²) in [6.07, 6.45) is 0. The first-order chi connectivity index (χ1) is 9.41. The van der Waals surface area contributed by atoms with Crippen LogP contribution in [-0.4, -0.2) is 14.7 Å². The number of nitrogens with one attached hydrogen (secondary N) is 1. The Morgan fingerprint density at radius 1 is 1.45 bits per heavy atom. The maximum absolute atomic E-state index is 13.5. The monoisotopic (exact) mass is 278 g/mol. The van der Waals surface area contributed by atoms with Crippen molar-refractivity contribution < 1.29 is 9.31 Å². The predicted octanol–water partition coefficient (Wildman–Crippen LogP) is 2.70. The SMILES string of the molecule is Cc1nn(C)c(C)c1CNc1cccc(F)c1[N+](=O)[O-]. The maximum atomic E-state index is 13.5. The second-order valence-electron chi connectivity index (χ2n) is 4.52. The van der Waals surface area contributed by atoms with Crippen molar-refractivity contribution in [3.63, 3.8) is 0 Å². The highest BCUT2D eigenvalue weighted by Gasteiger charge is 2.20. The summed E-state index contributed by atoms with van der Waals surface area (Å²) < 4.78 is 15.2. The summed E-state index contributed by atoms with van der Waals surface area (Å²) in [6, 6.07) is 4.00. The topological polar surface area (TPSA) is 73.0 Å². The highest BCUT2D eigenvalue weighted by Crippen LogP contribution is 2.28. The van der Waals surface area contributed by atoms with E-state index >= 15 is 0 Å². The average molecular weight is 278 g/mol. The smallest absolute Gasteiger partial charge is 0.327 e. The predicted molar refractivity (Wildman–Crippen MR) is 73.1 cm³/mol. The van der Waals surface area contributed by atoms with Gasteiger partial charge in [-0.2, -0.15) is 9.49 Å². The lowest BCUT2D eigenvalue weighted by Gasteiger charge is -2.08. The van der Waals surface area contributed by atoms with E-state index in [0.717, 1.165) is 23.0 Å². The number of rotatable bonds is 4. The van der Waals surface area contributed by atoms with Gasteiger partial charge in [0.15, 0.2) is 0 Å². The zero-order valence-corrected chi connectivity index (χ0v) is 11.5. The molecule has 0 amide bonds. The Kier molecular flexibility index (Phi) is 3.69. The summed E-state index contributed by atoms with van der Waals surface area (Å²) >= 11 is 0. The molecule has 0 aliphatic heterocycles. The number of halogens is 1. The molecular weight excluding hydrogens is 263 g/mol. The van der Waals surface area contributed by atoms with Gasteiger partial charge in [-0.05, 0) is 26.0 Å². The third-order valence-electron chi connectivity index (χ3n) is 3.28. The molecule has 1 N–H and O–H groups in total. The minimum atomic E-state index is -0.848. The summed E-state index contributed by atoms with van der Waals surface area (Å²) in [5.41, 5.74) is 2.39. The van der Waals surface area contributed by atoms with Crippen molar-refractivity contribution >= 4 is 11.4 Å². The van der Waals surface area contributed by atoms with Gasteiger partial charge in [0.25, 0.3) is 0 Å². The van der Waals surface area contributed by atoms with Crippen LogP contribution >= 0.6 is 0 Å². The molecule has 2 aromatic rings. The van der Waals surface area contributed by atoms with E-state index < -0.39 is 16.4 Å². The second-order valence-corrected chi connectivity index (χ2v) is 4.52. The average Bonchev–Trinajstić information content (AvgIpc) is 2.61. The summed E-state index contributed by atoms with van der Waals surface area (Å²) in [5.74, 6) is -0.848. The lowest BCUT2D eigenvalue weighted by molar-refractivity contribution is -0.386. The number of aryl methyl sites for hydroxylation is 2. The molecule has 0 spiro atoms. The molecule has 1 heterocycles. The summed E-state index contributed by atoms with van der Waals surface area (Å²) in [7, 11) is 1.83. The van der Waals surface area contributed by atoms with E-state index in [9.17, 15) is 14.5 Å².